The van der Waals surface area contributed by atoms with Crippen LogP contribution in [0.15, 0.2) is 17.1 Å². The Morgan fingerprint density at radius 3 is 2.76 bits per heavy atom. The lowest BCUT2D eigenvalue weighted by Gasteiger charge is -2.21. The molecular formula is C12H17N3O6. The van der Waals surface area contributed by atoms with E-state index in [-0.39, 0.29) is 5.82 Å². The summed E-state index contributed by atoms with van der Waals surface area (Å²) in [6.45, 7) is 0.725. The SMILES string of the molecule is COC1O[C@H]2[C@@H](O1)[C@H](n1ccc(N)nc1=O)O[C@@H]2[C@@H](C)O. The summed E-state index contributed by atoms with van der Waals surface area (Å²) in [7, 11) is 1.44. The molecule has 3 N–H and O–H groups in total. The Bertz CT molecular complexity index is 576. The van der Waals surface area contributed by atoms with Crippen LogP contribution >= 0.6 is 0 Å². The molecule has 0 spiro atoms. The third kappa shape index (κ3) is 2.43. The van der Waals surface area contributed by atoms with Gasteiger partial charge in [0, 0.05) is 13.3 Å². The number of fused-ring (bicyclic) bond motifs is 1. The van der Waals surface area contributed by atoms with E-state index >= 15 is 0 Å². The average Bonchev–Trinajstić information content (AvgIpc) is 2.97. The molecule has 0 radical (unpaired) electrons. The Labute approximate surface area is 120 Å². The van der Waals surface area contributed by atoms with Gasteiger partial charge in [-0.1, -0.05) is 0 Å². The molecule has 9 heteroatoms. The van der Waals surface area contributed by atoms with Gasteiger partial charge in [0.15, 0.2) is 6.23 Å². The Morgan fingerprint density at radius 2 is 2.14 bits per heavy atom. The number of aliphatic hydroxyl groups is 1. The van der Waals surface area contributed by atoms with Crippen LogP contribution in [-0.4, -0.2) is 52.7 Å². The number of aromatic nitrogens is 2. The molecule has 0 aliphatic carbocycles. The molecule has 3 rings (SSSR count). The van der Waals surface area contributed by atoms with Crippen molar-refractivity contribution in [1.29, 1.82) is 0 Å². The van der Waals surface area contributed by atoms with Gasteiger partial charge in [0.05, 0.1) is 6.10 Å². The zero-order valence-corrected chi connectivity index (χ0v) is 11.6. The molecule has 0 saturated carbocycles. The highest BCUT2D eigenvalue weighted by Crippen LogP contribution is 2.39. The van der Waals surface area contributed by atoms with Gasteiger partial charge in [-0.25, -0.2) is 4.79 Å². The highest BCUT2D eigenvalue weighted by atomic mass is 16.9. The lowest BCUT2D eigenvalue weighted by atomic mass is 10.1. The van der Waals surface area contributed by atoms with E-state index < -0.39 is 42.8 Å². The predicted octanol–water partition coefficient (Wildman–Crippen LogP) is -1.18. The number of rotatable bonds is 3. The monoisotopic (exact) mass is 299 g/mol. The zero-order valence-electron chi connectivity index (χ0n) is 11.6. The minimum atomic E-state index is -0.856. The summed E-state index contributed by atoms with van der Waals surface area (Å²) in [5, 5.41) is 9.81. The first kappa shape index (κ1) is 14.4. The van der Waals surface area contributed by atoms with Crippen LogP contribution in [0.1, 0.15) is 13.2 Å². The maximum atomic E-state index is 11.9. The number of nitrogen functional groups attached to an aromatic ring is 1. The summed E-state index contributed by atoms with van der Waals surface area (Å²) in [5.41, 5.74) is 4.91. The average molecular weight is 299 g/mol. The van der Waals surface area contributed by atoms with Gasteiger partial charge in [-0.2, -0.15) is 4.98 Å². The maximum absolute atomic E-state index is 11.9. The number of ether oxygens (including phenoxy) is 4. The second kappa shape index (κ2) is 5.35. The third-order valence-electron chi connectivity index (χ3n) is 3.56. The van der Waals surface area contributed by atoms with E-state index in [2.05, 4.69) is 4.98 Å². The normalized spacial score (nSPS) is 36.6. The van der Waals surface area contributed by atoms with Gasteiger partial charge in [-0.05, 0) is 13.0 Å². The van der Waals surface area contributed by atoms with Crippen molar-refractivity contribution in [2.75, 3.05) is 12.8 Å². The molecule has 1 aromatic rings. The summed E-state index contributed by atoms with van der Waals surface area (Å²) in [5.74, 6) is 0.122. The molecule has 2 saturated heterocycles. The molecule has 0 aromatic carbocycles. The molecule has 2 aliphatic rings. The number of anilines is 1. The fourth-order valence-corrected chi connectivity index (χ4v) is 2.60. The van der Waals surface area contributed by atoms with Crippen molar-refractivity contribution in [3.8, 4) is 0 Å². The van der Waals surface area contributed by atoms with E-state index in [1.807, 2.05) is 0 Å². The first-order valence-electron chi connectivity index (χ1n) is 6.53. The van der Waals surface area contributed by atoms with E-state index in [4.69, 9.17) is 24.7 Å². The maximum Gasteiger partial charge on any atom is 0.351 e. The molecular weight excluding hydrogens is 282 g/mol. The molecule has 0 amide bonds. The van der Waals surface area contributed by atoms with E-state index in [1.165, 1.54) is 23.9 Å². The van der Waals surface area contributed by atoms with Crippen LogP contribution in [0.5, 0.6) is 0 Å². The van der Waals surface area contributed by atoms with E-state index in [0.29, 0.717) is 0 Å². The molecule has 3 heterocycles. The Balaban J connectivity index is 1.93. The zero-order chi connectivity index (χ0) is 15.1. The first-order chi connectivity index (χ1) is 10.0. The number of methoxy groups -OCH3 is 1. The van der Waals surface area contributed by atoms with Crippen LogP contribution in [0.3, 0.4) is 0 Å². The molecule has 0 bridgehead atoms. The van der Waals surface area contributed by atoms with E-state index in [0.717, 1.165) is 0 Å². The summed E-state index contributed by atoms with van der Waals surface area (Å²) in [4.78, 5) is 15.6. The fourth-order valence-electron chi connectivity index (χ4n) is 2.60. The van der Waals surface area contributed by atoms with Gasteiger partial charge >= 0.3 is 5.69 Å². The quantitative estimate of drug-likeness (QED) is 0.716. The lowest BCUT2D eigenvalue weighted by Crippen LogP contribution is -2.36. The fraction of sp³-hybridized carbons (Fsp3) is 0.667. The van der Waals surface area contributed by atoms with Crippen molar-refractivity contribution in [3.05, 3.63) is 22.7 Å². The van der Waals surface area contributed by atoms with Crippen LogP contribution in [0.25, 0.3) is 0 Å². The number of hydrogen-bond acceptors (Lipinski definition) is 8. The van der Waals surface area contributed by atoms with E-state index in [9.17, 15) is 9.90 Å². The minimum Gasteiger partial charge on any atom is -0.391 e. The van der Waals surface area contributed by atoms with Crippen molar-refractivity contribution in [1.82, 2.24) is 9.55 Å². The summed E-state index contributed by atoms with van der Waals surface area (Å²) < 4.78 is 23.1. The standard InChI is InChI=1S/C12H17N3O6/c1-5(16)7-8-9(21-12(18-2)20-8)10(19-7)15-4-3-6(13)14-11(15)17/h3-5,7-10,12,16H,1-2H3,(H2,13,14,17)/t5-,7-,8-,9-,10-,12?/m1/s1. The van der Waals surface area contributed by atoms with Gasteiger partial charge in [0.25, 0.3) is 6.48 Å². The lowest BCUT2D eigenvalue weighted by molar-refractivity contribution is -0.260. The van der Waals surface area contributed by atoms with Crippen LogP contribution in [-0.2, 0) is 18.9 Å². The molecule has 2 aliphatic heterocycles. The van der Waals surface area contributed by atoms with Crippen molar-refractivity contribution < 1.29 is 24.1 Å². The second-order valence-corrected chi connectivity index (χ2v) is 5.00. The van der Waals surface area contributed by atoms with Gasteiger partial charge in [0.1, 0.15) is 24.1 Å². The number of hydrogen-bond donors (Lipinski definition) is 2. The summed E-state index contributed by atoms with van der Waals surface area (Å²) in [6.07, 6.45) is -1.85. The largest absolute Gasteiger partial charge is 0.391 e. The molecule has 1 aromatic heterocycles. The van der Waals surface area contributed by atoms with Gasteiger partial charge < -0.3 is 29.8 Å². The topological polar surface area (TPSA) is 118 Å². The molecule has 9 nitrogen and oxygen atoms in total. The van der Waals surface area contributed by atoms with Crippen LogP contribution in [0.2, 0.25) is 0 Å². The predicted molar refractivity (Wildman–Crippen MR) is 69.0 cm³/mol. The van der Waals surface area contributed by atoms with Crippen molar-refractivity contribution in [3.63, 3.8) is 0 Å². The molecule has 1 unspecified atom stereocenters. The Kier molecular flexibility index (Phi) is 3.68. The highest BCUT2D eigenvalue weighted by Gasteiger charge is 2.55. The summed E-state index contributed by atoms with van der Waals surface area (Å²) in [6, 6.07) is 1.49. The van der Waals surface area contributed by atoms with E-state index in [1.54, 1.807) is 6.92 Å². The smallest absolute Gasteiger partial charge is 0.351 e. The molecule has 116 valence electrons. The second-order valence-electron chi connectivity index (χ2n) is 5.00. The van der Waals surface area contributed by atoms with Gasteiger partial charge in [-0.3, -0.25) is 4.57 Å². The Hall–Kier alpha value is -1.52. The van der Waals surface area contributed by atoms with Crippen LogP contribution in [0.4, 0.5) is 5.82 Å². The number of aliphatic hydroxyl groups excluding tert-OH is 1. The molecule has 2 fully saturated rings. The molecule has 21 heavy (non-hydrogen) atoms. The van der Waals surface area contributed by atoms with Gasteiger partial charge in [-0.15, -0.1) is 0 Å². The summed E-state index contributed by atoms with van der Waals surface area (Å²) >= 11 is 0. The molecule has 6 atom stereocenters. The Morgan fingerprint density at radius 1 is 1.43 bits per heavy atom. The third-order valence-corrected chi connectivity index (χ3v) is 3.56. The van der Waals surface area contributed by atoms with Crippen LogP contribution < -0.4 is 11.4 Å². The van der Waals surface area contributed by atoms with Crippen molar-refractivity contribution >= 4 is 5.82 Å². The minimum absolute atomic E-state index is 0.122. The number of nitrogens with two attached hydrogens (primary N) is 1. The highest BCUT2D eigenvalue weighted by molar-refractivity contribution is 5.23. The van der Waals surface area contributed by atoms with Gasteiger partial charge in [0.2, 0.25) is 0 Å². The van der Waals surface area contributed by atoms with Crippen molar-refractivity contribution in [2.45, 2.75) is 44.0 Å². The van der Waals surface area contributed by atoms with Crippen molar-refractivity contribution in [2.24, 2.45) is 0 Å². The number of nitrogens with zero attached hydrogens (tertiary/aromatic N) is 2. The first-order valence-corrected chi connectivity index (χ1v) is 6.53. The van der Waals surface area contributed by atoms with Crippen LogP contribution in [0, 0.1) is 0 Å².